The van der Waals surface area contributed by atoms with Gasteiger partial charge in [0.05, 0.1) is 25.0 Å². The number of ether oxygens (including phenoxy) is 1. The molecule has 0 unspecified atom stereocenters. The van der Waals surface area contributed by atoms with Crippen LogP contribution in [-0.2, 0) is 24.3 Å². The van der Waals surface area contributed by atoms with Gasteiger partial charge in [0, 0.05) is 13.1 Å². The smallest absolute Gasteiger partial charge is 0.308 e. The third-order valence-electron chi connectivity index (χ3n) is 4.47. The number of nitrogens with zero attached hydrogens (tertiary/aromatic N) is 2. The molecule has 1 aliphatic heterocycles. The zero-order valence-electron chi connectivity index (χ0n) is 15.0. The summed E-state index contributed by atoms with van der Waals surface area (Å²) in [4.78, 5) is 25.9. The van der Waals surface area contributed by atoms with Gasteiger partial charge in [0.1, 0.15) is 11.9 Å². The van der Waals surface area contributed by atoms with E-state index in [1.807, 2.05) is 0 Å². The van der Waals surface area contributed by atoms with Crippen molar-refractivity contribution in [3.05, 3.63) is 30.1 Å². The number of likely N-dealkylation sites (tertiary alicyclic amines) is 1. The Bertz CT molecular complexity index is 775. The zero-order chi connectivity index (χ0) is 19.5. The SMILES string of the molecule is COC(=O)C1CCN(C(=O)[C@H](C)N(c2cccc(F)c2)S(C)(=O)=O)CC1. The molecule has 0 N–H and O–H groups in total. The van der Waals surface area contributed by atoms with Crippen molar-refractivity contribution in [3.8, 4) is 0 Å². The predicted molar refractivity (Wildman–Crippen MR) is 94.5 cm³/mol. The number of amides is 1. The molecule has 1 aromatic rings. The normalized spacial score (nSPS) is 16.8. The molecule has 0 radical (unpaired) electrons. The van der Waals surface area contributed by atoms with Gasteiger partial charge in [0.25, 0.3) is 0 Å². The highest BCUT2D eigenvalue weighted by atomic mass is 32.2. The van der Waals surface area contributed by atoms with Gasteiger partial charge >= 0.3 is 5.97 Å². The number of carbonyl (C=O) groups excluding carboxylic acids is 2. The van der Waals surface area contributed by atoms with Gasteiger partial charge < -0.3 is 9.64 Å². The van der Waals surface area contributed by atoms with Crippen LogP contribution in [0, 0.1) is 11.7 Å². The van der Waals surface area contributed by atoms with Crippen molar-refractivity contribution in [1.82, 2.24) is 4.90 Å². The van der Waals surface area contributed by atoms with Gasteiger partial charge in [-0.2, -0.15) is 0 Å². The largest absolute Gasteiger partial charge is 0.469 e. The Hall–Kier alpha value is -2.16. The lowest BCUT2D eigenvalue weighted by atomic mass is 9.96. The summed E-state index contributed by atoms with van der Waals surface area (Å²) in [6, 6.07) is 4.09. The summed E-state index contributed by atoms with van der Waals surface area (Å²) < 4.78 is 43.6. The maximum Gasteiger partial charge on any atom is 0.308 e. The Morgan fingerprint density at radius 2 is 1.92 bits per heavy atom. The van der Waals surface area contributed by atoms with Gasteiger partial charge in [0.15, 0.2) is 0 Å². The van der Waals surface area contributed by atoms with Crippen molar-refractivity contribution in [2.75, 3.05) is 30.8 Å². The van der Waals surface area contributed by atoms with Gasteiger partial charge in [0.2, 0.25) is 15.9 Å². The van der Waals surface area contributed by atoms with Crippen LogP contribution < -0.4 is 4.31 Å². The summed E-state index contributed by atoms with van der Waals surface area (Å²) in [6.45, 7) is 2.15. The maximum atomic E-state index is 13.5. The number of hydrogen-bond acceptors (Lipinski definition) is 5. The minimum atomic E-state index is -3.80. The lowest BCUT2D eigenvalue weighted by Crippen LogP contribution is -2.51. The summed E-state index contributed by atoms with van der Waals surface area (Å²) in [5, 5.41) is 0. The van der Waals surface area contributed by atoms with E-state index in [2.05, 4.69) is 0 Å². The first-order valence-corrected chi connectivity index (χ1v) is 10.1. The van der Waals surface area contributed by atoms with E-state index >= 15 is 0 Å². The molecule has 1 aliphatic rings. The van der Waals surface area contributed by atoms with E-state index in [0.29, 0.717) is 25.9 Å². The van der Waals surface area contributed by atoms with Gasteiger partial charge in [-0.15, -0.1) is 0 Å². The van der Waals surface area contributed by atoms with E-state index in [-0.39, 0.29) is 23.5 Å². The molecule has 0 aromatic heterocycles. The van der Waals surface area contributed by atoms with Crippen LogP contribution in [0.2, 0.25) is 0 Å². The van der Waals surface area contributed by atoms with E-state index in [0.717, 1.165) is 16.6 Å². The highest BCUT2D eigenvalue weighted by molar-refractivity contribution is 7.92. The molecule has 7 nitrogen and oxygen atoms in total. The number of anilines is 1. The summed E-state index contributed by atoms with van der Waals surface area (Å²) in [6.07, 6.45) is 1.90. The Labute approximate surface area is 152 Å². The van der Waals surface area contributed by atoms with Gasteiger partial charge in [-0.25, -0.2) is 12.8 Å². The third-order valence-corrected chi connectivity index (χ3v) is 5.71. The van der Waals surface area contributed by atoms with E-state index in [1.54, 1.807) is 0 Å². The second-order valence-electron chi connectivity index (χ2n) is 6.34. The van der Waals surface area contributed by atoms with Crippen LogP contribution in [-0.4, -0.2) is 57.7 Å². The second-order valence-corrected chi connectivity index (χ2v) is 8.20. The highest BCUT2D eigenvalue weighted by Gasteiger charge is 2.35. The Kier molecular flexibility index (Phi) is 6.22. The Morgan fingerprint density at radius 3 is 2.42 bits per heavy atom. The monoisotopic (exact) mass is 386 g/mol. The molecule has 9 heteroatoms. The molecule has 1 aromatic carbocycles. The van der Waals surface area contributed by atoms with Crippen LogP contribution in [0.1, 0.15) is 19.8 Å². The molecule has 1 atom stereocenters. The lowest BCUT2D eigenvalue weighted by molar-refractivity contribution is -0.149. The second kappa shape index (κ2) is 8.03. The highest BCUT2D eigenvalue weighted by Crippen LogP contribution is 2.24. The summed E-state index contributed by atoms with van der Waals surface area (Å²) in [5.74, 6) is -1.53. The fourth-order valence-corrected chi connectivity index (χ4v) is 4.34. The number of carbonyl (C=O) groups is 2. The topological polar surface area (TPSA) is 84.0 Å². The fourth-order valence-electron chi connectivity index (χ4n) is 3.18. The van der Waals surface area contributed by atoms with Crippen LogP contribution in [0.15, 0.2) is 24.3 Å². The minimum absolute atomic E-state index is 0.0952. The lowest BCUT2D eigenvalue weighted by Gasteiger charge is -2.36. The maximum absolute atomic E-state index is 13.5. The first kappa shape index (κ1) is 20.2. The van der Waals surface area contributed by atoms with E-state index < -0.39 is 21.9 Å². The fraction of sp³-hybridized carbons (Fsp3) is 0.529. The predicted octanol–water partition coefficient (Wildman–Crippen LogP) is 1.39. The van der Waals surface area contributed by atoms with Crippen molar-refractivity contribution < 1.29 is 27.1 Å². The molecule has 0 aliphatic carbocycles. The van der Waals surface area contributed by atoms with Crippen molar-refractivity contribution in [3.63, 3.8) is 0 Å². The standard InChI is InChI=1S/C17H23FN2O5S/c1-12(16(21)19-9-7-13(8-10-19)17(22)25-2)20(26(3,23)24)15-6-4-5-14(18)11-15/h4-6,11-13H,7-10H2,1-3H3/t12-/m0/s1. The van der Waals surface area contributed by atoms with Crippen LogP contribution in [0.4, 0.5) is 10.1 Å². The van der Waals surface area contributed by atoms with E-state index in [4.69, 9.17) is 4.74 Å². The number of piperidine rings is 1. The van der Waals surface area contributed by atoms with Crippen molar-refractivity contribution in [2.45, 2.75) is 25.8 Å². The molecular weight excluding hydrogens is 363 g/mol. The number of benzene rings is 1. The third kappa shape index (κ3) is 4.51. The quantitative estimate of drug-likeness (QED) is 0.714. The molecule has 2 rings (SSSR count). The number of halogens is 1. The minimum Gasteiger partial charge on any atom is -0.469 e. The van der Waals surface area contributed by atoms with E-state index in [1.165, 1.54) is 37.1 Å². The van der Waals surface area contributed by atoms with Gasteiger partial charge in [-0.3, -0.25) is 13.9 Å². The summed E-state index contributed by atoms with van der Waals surface area (Å²) in [7, 11) is -2.48. The van der Waals surface area contributed by atoms with Crippen LogP contribution in [0.25, 0.3) is 0 Å². The van der Waals surface area contributed by atoms with Crippen molar-refractivity contribution in [1.29, 1.82) is 0 Å². The van der Waals surface area contributed by atoms with E-state index in [9.17, 15) is 22.4 Å². The molecule has 1 saturated heterocycles. The number of methoxy groups -OCH3 is 1. The van der Waals surface area contributed by atoms with Crippen LogP contribution >= 0.6 is 0 Å². The number of rotatable bonds is 5. The zero-order valence-corrected chi connectivity index (χ0v) is 15.8. The van der Waals surface area contributed by atoms with Gasteiger partial charge in [-0.1, -0.05) is 6.07 Å². The molecule has 1 fully saturated rings. The molecule has 0 spiro atoms. The average Bonchev–Trinajstić information content (AvgIpc) is 2.59. The van der Waals surface area contributed by atoms with Crippen LogP contribution in [0.3, 0.4) is 0 Å². The first-order chi connectivity index (χ1) is 12.1. The summed E-state index contributed by atoms with van der Waals surface area (Å²) in [5.41, 5.74) is 0.0952. The van der Waals surface area contributed by atoms with Gasteiger partial charge in [-0.05, 0) is 38.0 Å². The molecule has 0 bridgehead atoms. The number of sulfonamides is 1. The molecule has 1 amide bonds. The molecular formula is C17H23FN2O5S. The van der Waals surface area contributed by atoms with Crippen molar-refractivity contribution in [2.24, 2.45) is 5.92 Å². The Morgan fingerprint density at radius 1 is 1.31 bits per heavy atom. The molecule has 1 heterocycles. The molecule has 144 valence electrons. The number of hydrogen-bond donors (Lipinski definition) is 0. The first-order valence-electron chi connectivity index (χ1n) is 8.26. The van der Waals surface area contributed by atoms with Crippen LogP contribution in [0.5, 0.6) is 0 Å². The molecule has 26 heavy (non-hydrogen) atoms. The Balaban J connectivity index is 2.18. The van der Waals surface area contributed by atoms with Crippen molar-refractivity contribution >= 4 is 27.6 Å². The number of esters is 1. The summed E-state index contributed by atoms with van der Waals surface area (Å²) >= 11 is 0. The average molecular weight is 386 g/mol. The molecule has 0 saturated carbocycles.